The second-order valence-electron chi connectivity index (χ2n) is 6.12. The van der Waals surface area contributed by atoms with Crippen LogP contribution in [0.3, 0.4) is 0 Å². The maximum absolute atomic E-state index is 12.9. The van der Waals surface area contributed by atoms with Crippen molar-refractivity contribution in [1.29, 1.82) is 0 Å². The van der Waals surface area contributed by atoms with E-state index in [4.69, 9.17) is 16.3 Å². The normalized spacial score (nSPS) is 17.6. The molecule has 1 aliphatic heterocycles. The summed E-state index contributed by atoms with van der Waals surface area (Å²) in [6, 6.07) is 3.97. The highest BCUT2D eigenvalue weighted by molar-refractivity contribution is 7.89. The lowest BCUT2D eigenvalue weighted by atomic mass is 10.2. The van der Waals surface area contributed by atoms with Gasteiger partial charge in [0.25, 0.3) is 0 Å². The number of hydrogen-bond donors (Lipinski definition) is 0. The summed E-state index contributed by atoms with van der Waals surface area (Å²) in [5, 5.41) is 0.0559. The van der Waals surface area contributed by atoms with E-state index in [0.717, 1.165) is 25.7 Å². The molecule has 1 aliphatic rings. The van der Waals surface area contributed by atoms with E-state index >= 15 is 0 Å². The Morgan fingerprint density at radius 1 is 1.16 bits per heavy atom. The molecular weight excluding hydrogens is 366 g/mol. The van der Waals surface area contributed by atoms with Gasteiger partial charge in [0.2, 0.25) is 10.0 Å². The van der Waals surface area contributed by atoms with Gasteiger partial charge < -0.3 is 4.74 Å². The van der Waals surface area contributed by atoms with Crippen LogP contribution in [0.1, 0.15) is 49.9 Å². The molecule has 1 aromatic carbocycles. The van der Waals surface area contributed by atoms with E-state index in [2.05, 4.69) is 0 Å². The number of ether oxygens (including phenoxy) is 1. The highest BCUT2D eigenvalue weighted by Gasteiger charge is 2.28. The highest BCUT2D eigenvalue weighted by atomic mass is 35.5. The highest BCUT2D eigenvalue weighted by Crippen LogP contribution is 2.28. The van der Waals surface area contributed by atoms with Gasteiger partial charge in [-0.25, -0.2) is 13.2 Å². The van der Waals surface area contributed by atoms with Gasteiger partial charge in [0, 0.05) is 13.1 Å². The van der Waals surface area contributed by atoms with Gasteiger partial charge >= 0.3 is 5.97 Å². The molecule has 138 valence electrons. The van der Waals surface area contributed by atoms with Gasteiger partial charge in [-0.3, -0.25) is 4.79 Å². The molecule has 1 saturated heterocycles. The smallest absolute Gasteiger partial charge is 0.338 e. The lowest BCUT2D eigenvalue weighted by Gasteiger charge is -2.21. The molecule has 0 aromatic heterocycles. The molecule has 6 nitrogen and oxygen atoms in total. The first-order chi connectivity index (χ1) is 11.7. The molecule has 1 heterocycles. The van der Waals surface area contributed by atoms with Crippen molar-refractivity contribution < 1.29 is 22.7 Å². The fraction of sp³-hybridized carbons (Fsp3) is 0.529. The Kier molecular flexibility index (Phi) is 6.59. The maximum Gasteiger partial charge on any atom is 0.338 e. The van der Waals surface area contributed by atoms with Gasteiger partial charge in [-0.05, 0) is 44.9 Å². The SMILES string of the molecule is CC(=O)C(C)OC(=O)c1ccc(Cl)c(S(=O)(=O)N2CCCCCC2)c1. The molecule has 1 unspecified atom stereocenters. The summed E-state index contributed by atoms with van der Waals surface area (Å²) in [7, 11) is -3.79. The number of rotatable bonds is 5. The van der Waals surface area contributed by atoms with E-state index in [1.165, 1.54) is 36.4 Å². The third kappa shape index (κ3) is 4.80. The van der Waals surface area contributed by atoms with Gasteiger partial charge in [0.1, 0.15) is 4.90 Å². The van der Waals surface area contributed by atoms with E-state index in [9.17, 15) is 18.0 Å². The van der Waals surface area contributed by atoms with Crippen LogP contribution in [0, 0.1) is 0 Å². The number of benzene rings is 1. The zero-order chi connectivity index (χ0) is 18.6. The number of ketones is 1. The predicted molar refractivity (Wildman–Crippen MR) is 94.2 cm³/mol. The second kappa shape index (κ2) is 8.29. The van der Waals surface area contributed by atoms with E-state index < -0.39 is 22.1 Å². The third-order valence-corrected chi connectivity index (χ3v) is 6.59. The van der Waals surface area contributed by atoms with Crippen LogP contribution in [0.5, 0.6) is 0 Å². The van der Waals surface area contributed by atoms with Crippen molar-refractivity contribution in [3.63, 3.8) is 0 Å². The Balaban J connectivity index is 2.31. The summed E-state index contributed by atoms with van der Waals surface area (Å²) in [4.78, 5) is 23.3. The van der Waals surface area contributed by atoms with Crippen LogP contribution in [-0.2, 0) is 19.6 Å². The van der Waals surface area contributed by atoms with Crippen LogP contribution in [0.4, 0.5) is 0 Å². The standard InChI is InChI=1S/C17H22ClNO5S/c1-12(20)13(2)24-17(21)14-7-8-15(18)16(11-14)25(22,23)19-9-5-3-4-6-10-19/h7-8,11,13H,3-6,9-10H2,1-2H3. The summed E-state index contributed by atoms with van der Waals surface area (Å²) < 4.78 is 32.2. The van der Waals surface area contributed by atoms with Crippen LogP contribution < -0.4 is 0 Å². The minimum atomic E-state index is -3.79. The lowest BCUT2D eigenvalue weighted by Crippen LogP contribution is -2.32. The second-order valence-corrected chi connectivity index (χ2v) is 8.44. The molecule has 0 spiro atoms. The molecule has 1 atom stereocenters. The van der Waals surface area contributed by atoms with Gasteiger partial charge in [0.05, 0.1) is 10.6 Å². The van der Waals surface area contributed by atoms with Crippen LogP contribution in [0.2, 0.25) is 5.02 Å². The zero-order valence-electron chi connectivity index (χ0n) is 14.3. The van der Waals surface area contributed by atoms with Gasteiger partial charge in [-0.2, -0.15) is 4.31 Å². The molecule has 0 amide bonds. The molecule has 1 aromatic rings. The van der Waals surface area contributed by atoms with Crippen molar-refractivity contribution in [2.45, 2.75) is 50.5 Å². The fourth-order valence-corrected chi connectivity index (χ4v) is 4.58. The molecular formula is C17H22ClNO5S. The first-order valence-electron chi connectivity index (χ1n) is 8.24. The van der Waals surface area contributed by atoms with Crippen molar-refractivity contribution >= 4 is 33.4 Å². The largest absolute Gasteiger partial charge is 0.451 e. The Bertz CT molecular complexity index is 754. The average molecular weight is 388 g/mol. The Hall–Kier alpha value is -1.44. The summed E-state index contributed by atoms with van der Waals surface area (Å²) in [5.74, 6) is -1.05. The number of hydrogen-bond acceptors (Lipinski definition) is 5. The predicted octanol–water partition coefficient (Wildman–Crippen LogP) is 3.04. The summed E-state index contributed by atoms with van der Waals surface area (Å²) in [6.07, 6.45) is 2.70. The number of esters is 1. The van der Waals surface area contributed by atoms with Crippen molar-refractivity contribution in [2.75, 3.05) is 13.1 Å². The Labute approximate surface area is 153 Å². The quantitative estimate of drug-likeness (QED) is 0.725. The van der Waals surface area contributed by atoms with Crippen LogP contribution in [-0.4, -0.2) is 43.7 Å². The molecule has 0 saturated carbocycles. The first kappa shape index (κ1) is 19.9. The number of carbonyl (C=O) groups excluding carboxylic acids is 2. The summed E-state index contributed by atoms with van der Waals surface area (Å²) in [6.45, 7) is 3.66. The molecule has 25 heavy (non-hydrogen) atoms. The molecule has 2 rings (SSSR count). The maximum atomic E-state index is 12.9. The van der Waals surface area contributed by atoms with Crippen molar-refractivity contribution in [3.05, 3.63) is 28.8 Å². The molecule has 0 aliphatic carbocycles. The number of carbonyl (C=O) groups is 2. The van der Waals surface area contributed by atoms with Crippen LogP contribution >= 0.6 is 11.6 Å². The first-order valence-corrected chi connectivity index (χ1v) is 10.1. The topological polar surface area (TPSA) is 80.8 Å². The lowest BCUT2D eigenvalue weighted by molar-refractivity contribution is -0.124. The fourth-order valence-electron chi connectivity index (χ4n) is 2.56. The van der Waals surface area contributed by atoms with E-state index in [1.54, 1.807) is 0 Å². The zero-order valence-corrected chi connectivity index (χ0v) is 15.9. The average Bonchev–Trinajstić information content (AvgIpc) is 2.84. The third-order valence-electron chi connectivity index (χ3n) is 4.21. The van der Waals surface area contributed by atoms with E-state index in [0.29, 0.717) is 13.1 Å². The molecule has 1 fully saturated rings. The minimum absolute atomic E-state index is 0.0471. The van der Waals surface area contributed by atoms with E-state index in [1.807, 2.05) is 0 Å². The van der Waals surface area contributed by atoms with Crippen molar-refractivity contribution in [3.8, 4) is 0 Å². The van der Waals surface area contributed by atoms with Crippen molar-refractivity contribution in [1.82, 2.24) is 4.31 Å². The Morgan fingerprint density at radius 2 is 1.76 bits per heavy atom. The van der Waals surface area contributed by atoms with Crippen molar-refractivity contribution in [2.24, 2.45) is 0 Å². The molecule has 0 radical (unpaired) electrons. The minimum Gasteiger partial charge on any atom is -0.451 e. The Morgan fingerprint density at radius 3 is 2.32 bits per heavy atom. The molecule has 0 bridgehead atoms. The van der Waals surface area contributed by atoms with Gasteiger partial charge in [-0.15, -0.1) is 0 Å². The monoisotopic (exact) mass is 387 g/mol. The number of nitrogens with zero attached hydrogens (tertiary/aromatic N) is 1. The number of sulfonamides is 1. The van der Waals surface area contributed by atoms with Gasteiger partial charge in [-0.1, -0.05) is 24.4 Å². The number of Topliss-reactive ketones (excluding diaryl/α,β-unsaturated/α-hetero) is 1. The number of halogens is 1. The molecule has 0 N–H and O–H groups in total. The summed E-state index contributed by atoms with van der Waals surface area (Å²) in [5.41, 5.74) is 0.0471. The van der Waals surface area contributed by atoms with Crippen LogP contribution in [0.25, 0.3) is 0 Å². The van der Waals surface area contributed by atoms with Gasteiger partial charge in [0.15, 0.2) is 11.9 Å². The van der Waals surface area contributed by atoms with E-state index in [-0.39, 0.29) is 21.3 Å². The van der Waals surface area contributed by atoms with Crippen LogP contribution in [0.15, 0.2) is 23.1 Å². The molecule has 8 heteroatoms. The summed E-state index contributed by atoms with van der Waals surface area (Å²) >= 11 is 6.09.